The molecule has 2 fully saturated rings. The molecule has 1 aliphatic heterocycles. The van der Waals surface area contributed by atoms with Gasteiger partial charge in [0.05, 0.1) is 6.10 Å². The van der Waals surface area contributed by atoms with E-state index in [0.29, 0.717) is 6.54 Å². The van der Waals surface area contributed by atoms with Crippen LogP contribution in [-0.4, -0.2) is 35.4 Å². The molecule has 1 saturated carbocycles. The third-order valence-corrected chi connectivity index (χ3v) is 4.09. The van der Waals surface area contributed by atoms with Crippen molar-refractivity contribution in [1.29, 1.82) is 0 Å². The fraction of sp³-hybridized carbons (Fsp3) is 0.867. The molecule has 2 rings (SSSR count). The highest BCUT2D eigenvalue weighted by Crippen LogP contribution is 2.26. The van der Waals surface area contributed by atoms with Crippen LogP contribution in [0.4, 0.5) is 0 Å². The zero-order valence-corrected chi connectivity index (χ0v) is 12.8. The van der Waals surface area contributed by atoms with E-state index in [4.69, 9.17) is 4.84 Å². The van der Waals surface area contributed by atoms with Gasteiger partial charge in [0.15, 0.2) is 0 Å². The lowest BCUT2D eigenvalue weighted by molar-refractivity contribution is -0.151. The van der Waals surface area contributed by atoms with Crippen LogP contribution in [-0.2, 0) is 14.4 Å². The average molecular weight is 282 g/mol. The quantitative estimate of drug-likeness (QED) is 0.806. The molecule has 2 amide bonds. The highest BCUT2D eigenvalue weighted by molar-refractivity contribution is 5.89. The molecule has 1 N–H and O–H groups in total. The minimum Gasteiger partial charge on any atom is -0.330 e. The zero-order valence-electron chi connectivity index (χ0n) is 12.8. The topological polar surface area (TPSA) is 58.6 Å². The number of amides is 2. The number of hydroxylamine groups is 1. The highest BCUT2D eigenvalue weighted by Gasteiger charge is 2.38. The molecule has 0 spiro atoms. The molecule has 1 unspecified atom stereocenters. The minimum absolute atomic E-state index is 0.0380. The van der Waals surface area contributed by atoms with Crippen molar-refractivity contribution in [2.45, 2.75) is 71.4 Å². The van der Waals surface area contributed by atoms with Crippen LogP contribution < -0.4 is 5.48 Å². The van der Waals surface area contributed by atoms with E-state index in [2.05, 4.69) is 5.48 Å². The lowest BCUT2D eigenvalue weighted by atomic mass is 9.94. The van der Waals surface area contributed by atoms with Crippen LogP contribution in [0.25, 0.3) is 0 Å². The van der Waals surface area contributed by atoms with E-state index >= 15 is 0 Å². The lowest BCUT2D eigenvalue weighted by Gasteiger charge is -2.30. The number of carbonyl (C=O) groups excluding carboxylic acids is 2. The molecule has 20 heavy (non-hydrogen) atoms. The summed E-state index contributed by atoms with van der Waals surface area (Å²) in [5, 5.41) is 0. The fourth-order valence-electron chi connectivity index (χ4n) is 2.93. The highest BCUT2D eigenvalue weighted by atomic mass is 16.7. The Morgan fingerprint density at radius 3 is 2.35 bits per heavy atom. The van der Waals surface area contributed by atoms with Gasteiger partial charge < -0.3 is 4.90 Å². The number of nitrogens with zero attached hydrogens (tertiary/aromatic N) is 1. The standard InChI is InChI=1S/C15H26N2O3/c1-15(2,3)14(19)17-10-6-9-12(17)13(18)16-20-11-7-4-5-8-11/h11-12H,4-10H2,1-3H3,(H,16,18). The first-order valence-electron chi connectivity index (χ1n) is 7.66. The van der Waals surface area contributed by atoms with E-state index in [1.807, 2.05) is 20.8 Å². The van der Waals surface area contributed by atoms with E-state index < -0.39 is 5.41 Å². The second-order valence-corrected chi connectivity index (χ2v) is 6.90. The van der Waals surface area contributed by atoms with Crippen LogP contribution in [0.1, 0.15) is 59.3 Å². The molecular formula is C15H26N2O3. The predicted molar refractivity (Wildman–Crippen MR) is 75.7 cm³/mol. The molecule has 0 aromatic carbocycles. The van der Waals surface area contributed by atoms with Crippen molar-refractivity contribution in [2.75, 3.05) is 6.54 Å². The molecule has 114 valence electrons. The van der Waals surface area contributed by atoms with Crippen molar-refractivity contribution in [3.05, 3.63) is 0 Å². The van der Waals surface area contributed by atoms with Gasteiger partial charge in [-0.25, -0.2) is 5.48 Å². The summed E-state index contributed by atoms with van der Waals surface area (Å²) in [7, 11) is 0. The van der Waals surface area contributed by atoms with Gasteiger partial charge in [-0.2, -0.15) is 0 Å². The molecule has 1 heterocycles. The van der Waals surface area contributed by atoms with Crippen molar-refractivity contribution in [1.82, 2.24) is 10.4 Å². The molecule has 2 aliphatic rings. The van der Waals surface area contributed by atoms with Gasteiger partial charge in [-0.15, -0.1) is 0 Å². The molecule has 1 saturated heterocycles. The maximum absolute atomic E-state index is 12.3. The summed E-state index contributed by atoms with van der Waals surface area (Å²) in [4.78, 5) is 31.7. The van der Waals surface area contributed by atoms with Crippen LogP contribution in [0.3, 0.4) is 0 Å². The van der Waals surface area contributed by atoms with Crippen LogP contribution in [0.15, 0.2) is 0 Å². The van der Waals surface area contributed by atoms with Gasteiger partial charge in [0, 0.05) is 12.0 Å². The van der Waals surface area contributed by atoms with E-state index in [1.54, 1.807) is 4.90 Å². The summed E-state index contributed by atoms with van der Waals surface area (Å²) in [6, 6.07) is -0.372. The van der Waals surface area contributed by atoms with E-state index in [-0.39, 0.29) is 24.0 Å². The number of hydrogen-bond donors (Lipinski definition) is 1. The Morgan fingerprint density at radius 2 is 1.75 bits per heavy atom. The van der Waals surface area contributed by atoms with Crippen LogP contribution in [0, 0.1) is 5.41 Å². The number of likely N-dealkylation sites (tertiary alicyclic amines) is 1. The summed E-state index contributed by atoms with van der Waals surface area (Å²) >= 11 is 0. The Kier molecular flexibility index (Phi) is 4.68. The molecule has 0 bridgehead atoms. The monoisotopic (exact) mass is 282 g/mol. The van der Waals surface area contributed by atoms with Crippen molar-refractivity contribution in [3.8, 4) is 0 Å². The first-order chi connectivity index (χ1) is 9.39. The molecule has 5 heteroatoms. The summed E-state index contributed by atoms with van der Waals surface area (Å²) in [5.74, 6) is -0.136. The first kappa shape index (κ1) is 15.3. The summed E-state index contributed by atoms with van der Waals surface area (Å²) < 4.78 is 0. The molecule has 0 aromatic heterocycles. The molecule has 1 atom stereocenters. The van der Waals surface area contributed by atoms with Crippen LogP contribution in [0.5, 0.6) is 0 Å². The third-order valence-electron chi connectivity index (χ3n) is 4.09. The van der Waals surface area contributed by atoms with Crippen molar-refractivity contribution >= 4 is 11.8 Å². The smallest absolute Gasteiger partial charge is 0.266 e. The largest absolute Gasteiger partial charge is 0.330 e. The number of hydrogen-bond acceptors (Lipinski definition) is 3. The average Bonchev–Trinajstić information content (AvgIpc) is 3.04. The van der Waals surface area contributed by atoms with Crippen LogP contribution >= 0.6 is 0 Å². The lowest BCUT2D eigenvalue weighted by Crippen LogP contribution is -2.49. The third kappa shape index (κ3) is 3.51. The van der Waals surface area contributed by atoms with E-state index in [9.17, 15) is 9.59 Å². The Morgan fingerprint density at radius 1 is 1.10 bits per heavy atom. The first-order valence-corrected chi connectivity index (χ1v) is 7.66. The van der Waals surface area contributed by atoms with Gasteiger partial charge >= 0.3 is 0 Å². The van der Waals surface area contributed by atoms with Gasteiger partial charge in [0.2, 0.25) is 5.91 Å². The summed E-state index contributed by atoms with van der Waals surface area (Å²) in [5.41, 5.74) is 2.12. The Bertz CT molecular complexity index is 370. The van der Waals surface area contributed by atoms with Crippen molar-refractivity contribution in [3.63, 3.8) is 0 Å². The molecule has 1 aliphatic carbocycles. The SMILES string of the molecule is CC(C)(C)C(=O)N1CCCC1C(=O)NOC1CCCC1. The predicted octanol–water partition coefficient (Wildman–Crippen LogP) is 2.01. The zero-order chi connectivity index (χ0) is 14.8. The molecular weight excluding hydrogens is 256 g/mol. The maximum Gasteiger partial charge on any atom is 0.266 e. The minimum atomic E-state index is -0.449. The number of nitrogens with one attached hydrogen (secondary N) is 1. The maximum atomic E-state index is 12.3. The molecule has 0 radical (unpaired) electrons. The van der Waals surface area contributed by atoms with Crippen molar-refractivity contribution < 1.29 is 14.4 Å². The van der Waals surface area contributed by atoms with Crippen LogP contribution in [0.2, 0.25) is 0 Å². The second kappa shape index (κ2) is 6.12. The summed E-state index contributed by atoms with van der Waals surface area (Å²) in [6.07, 6.45) is 6.10. The van der Waals surface area contributed by atoms with Gasteiger partial charge in [-0.05, 0) is 25.7 Å². The molecule has 5 nitrogen and oxygen atoms in total. The molecule has 0 aromatic rings. The van der Waals surface area contributed by atoms with E-state index in [0.717, 1.165) is 25.7 Å². The normalized spacial score (nSPS) is 24.1. The second-order valence-electron chi connectivity index (χ2n) is 6.90. The Hall–Kier alpha value is -1.10. The Balaban J connectivity index is 1.89. The fourth-order valence-corrected chi connectivity index (χ4v) is 2.93. The number of carbonyl (C=O) groups is 2. The Labute approximate surface area is 121 Å². The number of rotatable bonds is 3. The van der Waals surface area contributed by atoms with Gasteiger partial charge in [0.25, 0.3) is 5.91 Å². The summed E-state index contributed by atoms with van der Waals surface area (Å²) in [6.45, 7) is 6.32. The van der Waals surface area contributed by atoms with E-state index in [1.165, 1.54) is 12.8 Å². The van der Waals surface area contributed by atoms with Gasteiger partial charge in [-0.1, -0.05) is 33.6 Å². The van der Waals surface area contributed by atoms with Gasteiger partial charge in [0.1, 0.15) is 6.04 Å². The van der Waals surface area contributed by atoms with Crippen molar-refractivity contribution in [2.24, 2.45) is 5.41 Å². The van der Waals surface area contributed by atoms with Gasteiger partial charge in [-0.3, -0.25) is 14.4 Å².